The first-order valence-electron chi connectivity index (χ1n) is 10.6. The summed E-state index contributed by atoms with van der Waals surface area (Å²) in [5.41, 5.74) is 7.61. The molecule has 5 aromatic rings. The Morgan fingerprint density at radius 3 is 2.53 bits per heavy atom. The average molecular weight is 472 g/mol. The van der Waals surface area contributed by atoms with E-state index >= 15 is 0 Å². The number of nitrogens with one attached hydrogen (secondary N) is 2. The third-order valence-electron chi connectivity index (χ3n) is 5.36. The van der Waals surface area contributed by atoms with Crippen LogP contribution >= 0.6 is 11.8 Å². The Morgan fingerprint density at radius 1 is 0.912 bits per heavy atom. The zero-order valence-electron chi connectivity index (χ0n) is 18.3. The fraction of sp³-hybridized carbons (Fsp3) is 0.120. The molecule has 3 aromatic carbocycles. The van der Waals surface area contributed by atoms with Crippen molar-refractivity contribution in [1.82, 2.24) is 25.4 Å². The van der Waals surface area contributed by atoms with Crippen LogP contribution in [0.5, 0.6) is 5.75 Å². The van der Waals surface area contributed by atoms with Gasteiger partial charge in [0.2, 0.25) is 5.91 Å². The number of pyridine rings is 1. The number of thioether (sulfide) groups is 1. The number of hydrogen-bond acceptors (Lipinski definition) is 6. The molecule has 0 aliphatic heterocycles. The summed E-state index contributed by atoms with van der Waals surface area (Å²) in [7, 11) is 0. The summed E-state index contributed by atoms with van der Waals surface area (Å²) < 4.78 is 7.57. The van der Waals surface area contributed by atoms with Crippen molar-refractivity contribution in [1.29, 1.82) is 0 Å². The van der Waals surface area contributed by atoms with E-state index in [1.165, 1.54) is 11.8 Å². The highest BCUT2D eigenvalue weighted by atomic mass is 32.2. The Morgan fingerprint density at radius 2 is 1.65 bits per heavy atom. The molecule has 2 heterocycles. The second-order valence-corrected chi connectivity index (χ2v) is 8.61. The molecule has 170 valence electrons. The molecule has 8 nitrogen and oxygen atoms in total. The number of benzene rings is 3. The summed E-state index contributed by atoms with van der Waals surface area (Å²) >= 11 is 1.24. The predicted octanol–water partition coefficient (Wildman–Crippen LogP) is 3.66. The highest BCUT2D eigenvalue weighted by Crippen LogP contribution is 2.26. The second kappa shape index (κ2) is 9.40. The predicted molar refractivity (Wildman–Crippen MR) is 132 cm³/mol. The summed E-state index contributed by atoms with van der Waals surface area (Å²) in [6, 6.07) is 23.4. The van der Waals surface area contributed by atoms with Crippen molar-refractivity contribution < 1.29 is 14.3 Å². The topological polar surface area (TPSA) is 97.6 Å². The van der Waals surface area contributed by atoms with Crippen molar-refractivity contribution in [3.63, 3.8) is 0 Å². The zero-order valence-corrected chi connectivity index (χ0v) is 19.1. The second-order valence-electron chi connectivity index (χ2n) is 7.67. The quantitative estimate of drug-likeness (QED) is 0.290. The molecule has 0 radical (unpaired) electrons. The number of hydrogen-bond donors (Lipinski definition) is 2. The molecule has 2 aromatic heterocycles. The number of carbonyl (C=O) groups is 2. The molecular formula is C25H21N5O3S. The van der Waals surface area contributed by atoms with Crippen LogP contribution in [0.4, 0.5) is 0 Å². The van der Waals surface area contributed by atoms with Crippen LogP contribution in [0.15, 0.2) is 78.0 Å². The number of nitrogens with zero attached hydrogens (tertiary/aromatic N) is 3. The Kier molecular flexibility index (Phi) is 6.01. The summed E-state index contributed by atoms with van der Waals surface area (Å²) in [5.74, 6) is -0.151. The molecule has 0 unspecified atom stereocenters. The molecule has 0 atom stereocenters. The van der Waals surface area contributed by atoms with Crippen LogP contribution in [0.3, 0.4) is 0 Å². The lowest BCUT2D eigenvalue weighted by Crippen LogP contribution is -2.44. The molecule has 0 aliphatic carbocycles. The van der Waals surface area contributed by atoms with Gasteiger partial charge in [-0.1, -0.05) is 66.4 Å². The van der Waals surface area contributed by atoms with Gasteiger partial charge in [0.25, 0.3) is 5.91 Å². The number of para-hydroxylation sites is 1. The van der Waals surface area contributed by atoms with E-state index in [4.69, 9.17) is 4.74 Å². The molecule has 0 bridgehead atoms. The molecular weight excluding hydrogens is 450 g/mol. The van der Waals surface area contributed by atoms with Crippen LogP contribution in [0.2, 0.25) is 0 Å². The van der Waals surface area contributed by atoms with Gasteiger partial charge in [-0.15, -0.1) is 10.2 Å². The van der Waals surface area contributed by atoms with Crippen molar-refractivity contribution >= 4 is 50.9 Å². The van der Waals surface area contributed by atoms with Gasteiger partial charge < -0.3 is 4.74 Å². The van der Waals surface area contributed by atoms with Crippen molar-refractivity contribution in [2.24, 2.45) is 0 Å². The first kappa shape index (κ1) is 21.7. The molecule has 34 heavy (non-hydrogen) atoms. The van der Waals surface area contributed by atoms with Gasteiger partial charge in [0.05, 0.1) is 11.3 Å². The zero-order chi connectivity index (χ0) is 23.5. The van der Waals surface area contributed by atoms with Crippen LogP contribution in [0.1, 0.15) is 5.56 Å². The van der Waals surface area contributed by atoms with E-state index in [0.29, 0.717) is 10.9 Å². The lowest BCUT2D eigenvalue weighted by Gasteiger charge is -2.10. The van der Waals surface area contributed by atoms with E-state index in [2.05, 4.69) is 21.0 Å². The molecule has 0 saturated heterocycles. The first-order valence-corrected chi connectivity index (χ1v) is 11.6. The van der Waals surface area contributed by atoms with E-state index in [9.17, 15) is 9.59 Å². The summed E-state index contributed by atoms with van der Waals surface area (Å²) in [6.07, 6.45) is 0. The monoisotopic (exact) mass is 471 g/mol. The third kappa shape index (κ3) is 4.38. The van der Waals surface area contributed by atoms with E-state index in [1.807, 2.05) is 78.1 Å². The van der Waals surface area contributed by atoms with Gasteiger partial charge in [-0.25, -0.2) is 0 Å². The smallest absolute Gasteiger partial charge is 0.276 e. The first-order chi connectivity index (χ1) is 16.6. The number of hydrazine groups is 1. The lowest BCUT2D eigenvalue weighted by molar-refractivity contribution is -0.128. The summed E-state index contributed by atoms with van der Waals surface area (Å²) in [5, 5.41) is 12.1. The van der Waals surface area contributed by atoms with Crippen LogP contribution in [0, 0.1) is 6.92 Å². The van der Waals surface area contributed by atoms with Gasteiger partial charge >= 0.3 is 0 Å². The average Bonchev–Trinajstić information content (AvgIpc) is 3.28. The highest BCUT2D eigenvalue weighted by Gasteiger charge is 2.14. The molecule has 0 saturated carbocycles. The van der Waals surface area contributed by atoms with Gasteiger partial charge in [-0.3, -0.25) is 24.8 Å². The van der Waals surface area contributed by atoms with E-state index in [0.717, 1.165) is 32.9 Å². The number of amides is 2. The van der Waals surface area contributed by atoms with E-state index < -0.39 is 5.91 Å². The number of fused-ring (bicyclic) bond motifs is 4. The molecule has 0 spiro atoms. The molecule has 2 N–H and O–H groups in total. The maximum atomic E-state index is 12.3. The van der Waals surface area contributed by atoms with Gasteiger partial charge in [0, 0.05) is 10.8 Å². The minimum absolute atomic E-state index is 0.0630. The number of aryl methyl sites for hydroxylation is 1. The highest BCUT2D eigenvalue weighted by molar-refractivity contribution is 7.99. The number of aromatic nitrogens is 3. The molecule has 9 heteroatoms. The van der Waals surface area contributed by atoms with Gasteiger partial charge in [-0.2, -0.15) is 0 Å². The maximum Gasteiger partial charge on any atom is 0.276 e. The van der Waals surface area contributed by atoms with Gasteiger partial charge in [0.15, 0.2) is 17.4 Å². The Hall–Kier alpha value is -4.11. The minimum atomic E-state index is -0.458. The lowest BCUT2D eigenvalue weighted by atomic mass is 10.1. The van der Waals surface area contributed by atoms with Crippen molar-refractivity contribution in [3.05, 3.63) is 78.4 Å². The molecule has 0 aliphatic rings. The van der Waals surface area contributed by atoms with E-state index in [1.54, 1.807) is 6.07 Å². The van der Waals surface area contributed by atoms with Crippen molar-refractivity contribution in [3.8, 4) is 5.75 Å². The Balaban J connectivity index is 1.17. The number of carbonyl (C=O) groups excluding carboxylic acids is 2. The van der Waals surface area contributed by atoms with Gasteiger partial charge in [-0.05, 0) is 36.1 Å². The number of rotatable bonds is 6. The fourth-order valence-corrected chi connectivity index (χ4v) is 4.53. The Bertz CT molecular complexity index is 1530. The van der Waals surface area contributed by atoms with Crippen LogP contribution in [-0.2, 0) is 9.59 Å². The standard InChI is InChI=1S/C25H21N5O3S/c1-16-13-22-26-29-25(30(22)20-11-5-4-9-18(16)20)34-15-24(32)28-27-23(31)14-33-21-12-6-8-17-7-2-3-10-19(17)21/h2-13H,14-15H2,1H3,(H,27,31)(H,28,32). The van der Waals surface area contributed by atoms with Crippen molar-refractivity contribution in [2.45, 2.75) is 12.1 Å². The molecule has 5 rings (SSSR count). The number of ether oxygens (including phenoxy) is 1. The summed E-state index contributed by atoms with van der Waals surface area (Å²) in [6.45, 7) is 1.81. The van der Waals surface area contributed by atoms with Crippen LogP contribution < -0.4 is 15.6 Å². The minimum Gasteiger partial charge on any atom is -0.483 e. The SMILES string of the molecule is Cc1cc2nnc(SCC(=O)NNC(=O)COc3cccc4ccccc34)n2c2ccccc12. The third-order valence-corrected chi connectivity index (χ3v) is 6.28. The fourth-order valence-electron chi connectivity index (χ4n) is 3.77. The molecule has 2 amide bonds. The Labute approximate surface area is 199 Å². The largest absolute Gasteiger partial charge is 0.483 e. The molecule has 0 fully saturated rings. The maximum absolute atomic E-state index is 12.3. The van der Waals surface area contributed by atoms with Crippen LogP contribution in [-0.4, -0.2) is 38.8 Å². The van der Waals surface area contributed by atoms with Crippen LogP contribution in [0.25, 0.3) is 27.3 Å². The van der Waals surface area contributed by atoms with E-state index in [-0.39, 0.29) is 18.3 Å². The normalized spacial score (nSPS) is 11.1. The van der Waals surface area contributed by atoms with Gasteiger partial charge in [0.1, 0.15) is 5.75 Å². The summed E-state index contributed by atoms with van der Waals surface area (Å²) in [4.78, 5) is 24.5. The van der Waals surface area contributed by atoms with Crippen molar-refractivity contribution in [2.75, 3.05) is 12.4 Å².